The first-order valence-electron chi connectivity index (χ1n) is 8.54. The molecule has 170 valence electrons. The SMILES string of the molecule is Cc1c(Cl)ccc2c(OS(=O)(=O)O)c(-c3sc4c(C)c(Cl)ccc4c3OS(=O)(=O)O)sc12. The lowest BCUT2D eigenvalue weighted by Crippen LogP contribution is -2.08. The number of hydrogen-bond donors (Lipinski definition) is 2. The summed E-state index contributed by atoms with van der Waals surface area (Å²) in [4.78, 5) is 0.303. The maximum Gasteiger partial charge on any atom is 0.446 e. The number of thiophene rings is 2. The van der Waals surface area contributed by atoms with Crippen LogP contribution in [0.25, 0.3) is 29.9 Å². The Balaban J connectivity index is 2.15. The van der Waals surface area contributed by atoms with Gasteiger partial charge in [-0.2, -0.15) is 16.8 Å². The summed E-state index contributed by atoms with van der Waals surface area (Å²) in [6.07, 6.45) is 0. The molecule has 2 heterocycles. The molecule has 0 amide bonds. The largest absolute Gasteiger partial charge is 0.446 e. The van der Waals surface area contributed by atoms with Crippen molar-refractivity contribution >= 4 is 86.8 Å². The smallest absolute Gasteiger partial charge is 0.360 e. The van der Waals surface area contributed by atoms with Crippen molar-refractivity contribution in [1.29, 1.82) is 0 Å². The van der Waals surface area contributed by atoms with E-state index in [0.29, 0.717) is 41.3 Å². The third-order valence-corrected chi connectivity index (χ3v) is 8.92. The molecule has 4 rings (SSSR count). The lowest BCUT2D eigenvalue weighted by atomic mass is 10.1. The average Bonchev–Trinajstić information content (AvgIpc) is 3.18. The second kappa shape index (κ2) is 7.99. The van der Waals surface area contributed by atoms with E-state index in [2.05, 4.69) is 0 Å². The molecule has 32 heavy (non-hydrogen) atoms. The van der Waals surface area contributed by atoms with Crippen LogP contribution in [0.2, 0.25) is 10.0 Å². The number of hydrogen-bond acceptors (Lipinski definition) is 8. The standard InChI is InChI=1S/C18H12Cl2O8S4/c1-7-11(19)5-3-9-13(27-31(21,22)23)17(29-15(7)9)18-14(28-32(24,25)26)10-4-6-12(20)8(2)16(10)30-18/h3-6H,1-2H3,(H,21,22,23)(H,24,25,26). The number of fused-ring (bicyclic) bond motifs is 2. The van der Waals surface area contributed by atoms with Crippen LogP contribution in [0.5, 0.6) is 11.5 Å². The second-order valence-corrected chi connectivity index (χ2v) is 11.5. The maximum atomic E-state index is 11.6. The van der Waals surface area contributed by atoms with Crippen molar-refractivity contribution in [2.45, 2.75) is 13.8 Å². The molecule has 2 N–H and O–H groups in total. The molecule has 0 spiro atoms. The highest BCUT2D eigenvalue weighted by atomic mass is 35.5. The van der Waals surface area contributed by atoms with Gasteiger partial charge in [0, 0.05) is 30.2 Å². The first-order chi connectivity index (χ1) is 14.8. The average molecular weight is 555 g/mol. The molecule has 0 unspecified atom stereocenters. The second-order valence-electron chi connectivity index (χ2n) is 6.64. The minimum absolute atomic E-state index is 0.151. The van der Waals surface area contributed by atoms with Crippen molar-refractivity contribution in [3.63, 3.8) is 0 Å². The van der Waals surface area contributed by atoms with Crippen LogP contribution >= 0.6 is 45.9 Å². The van der Waals surface area contributed by atoms with Gasteiger partial charge in [-0.3, -0.25) is 9.11 Å². The monoisotopic (exact) mass is 554 g/mol. The molecule has 0 aliphatic carbocycles. The molecule has 0 saturated heterocycles. The Hall–Kier alpha value is -1.64. The molecule has 8 nitrogen and oxygen atoms in total. The predicted octanol–water partition coefficient (Wildman–Crippen LogP) is 6.07. The van der Waals surface area contributed by atoms with E-state index in [4.69, 9.17) is 31.6 Å². The van der Waals surface area contributed by atoms with Crippen molar-refractivity contribution in [3.8, 4) is 21.3 Å². The molecule has 2 aromatic heterocycles. The first-order valence-corrected chi connectivity index (χ1v) is 13.7. The van der Waals surface area contributed by atoms with Crippen LogP contribution < -0.4 is 8.37 Å². The Kier molecular flexibility index (Phi) is 5.87. The zero-order valence-corrected chi connectivity index (χ0v) is 20.8. The van der Waals surface area contributed by atoms with E-state index in [1.54, 1.807) is 13.8 Å². The summed E-state index contributed by atoms with van der Waals surface area (Å²) in [5, 5.41) is 1.48. The Morgan fingerprint density at radius 1 is 0.719 bits per heavy atom. The molecule has 0 aliphatic rings. The van der Waals surface area contributed by atoms with E-state index in [0.717, 1.165) is 22.7 Å². The first kappa shape index (κ1) is 23.5. The van der Waals surface area contributed by atoms with Gasteiger partial charge < -0.3 is 8.37 Å². The van der Waals surface area contributed by atoms with Crippen LogP contribution in [0.15, 0.2) is 24.3 Å². The van der Waals surface area contributed by atoms with Gasteiger partial charge in [-0.1, -0.05) is 23.2 Å². The van der Waals surface area contributed by atoms with Gasteiger partial charge in [0.05, 0.1) is 9.75 Å². The van der Waals surface area contributed by atoms with Crippen LogP contribution in [0.3, 0.4) is 0 Å². The topological polar surface area (TPSA) is 127 Å². The van der Waals surface area contributed by atoms with Gasteiger partial charge in [-0.05, 0) is 49.2 Å². The zero-order chi connectivity index (χ0) is 23.6. The third-order valence-electron chi connectivity index (χ3n) is 4.57. The summed E-state index contributed by atoms with van der Waals surface area (Å²) in [5.74, 6) is -0.467. The molecule has 0 saturated carbocycles. The number of rotatable bonds is 5. The van der Waals surface area contributed by atoms with Crippen LogP contribution in [-0.2, 0) is 20.8 Å². The van der Waals surface area contributed by atoms with Gasteiger partial charge in [0.2, 0.25) is 0 Å². The van der Waals surface area contributed by atoms with Crippen molar-refractivity contribution in [2.24, 2.45) is 0 Å². The van der Waals surface area contributed by atoms with Gasteiger partial charge in [-0.25, -0.2) is 0 Å². The van der Waals surface area contributed by atoms with E-state index in [-0.39, 0.29) is 21.3 Å². The Labute approximate surface area is 200 Å². The van der Waals surface area contributed by atoms with E-state index in [9.17, 15) is 25.9 Å². The molecular formula is C18H12Cl2O8S4. The highest BCUT2D eigenvalue weighted by molar-refractivity contribution is 7.81. The van der Waals surface area contributed by atoms with Crippen molar-refractivity contribution < 1.29 is 34.3 Å². The molecule has 2 aromatic carbocycles. The van der Waals surface area contributed by atoms with E-state index in [1.807, 2.05) is 0 Å². The fourth-order valence-corrected chi connectivity index (χ4v) is 7.06. The summed E-state index contributed by atoms with van der Waals surface area (Å²) in [6.45, 7) is 3.43. The molecule has 0 radical (unpaired) electrons. The maximum absolute atomic E-state index is 11.6. The van der Waals surface area contributed by atoms with Crippen LogP contribution in [-0.4, -0.2) is 25.9 Å². The zero-order valence-electron chi connectivity index (χ0n) is 16.0. The van der Waals surface area contributed by atoms with Crippen molar-refractivity contribution in [3.05, 3.63) is 45.4 Å². The molecule has 0 atom stereocenters. The summed E-state index contributed by atoms with van der Waals surface area (Å²) in [5.41, 5.74) is 1.25. The fourth-order valence-electron chi connectivity index (χ4n) is 3.17. The van der Waals surface area contributed by atoms with Gasteiger partial charge in [-0.15, -0.1) is 22.7 Å². The minimum Gasteiger partial charge on any atom is -0.360 e. The van der Waals surface area contributed by atoms with Crippen LogP contribution in [0, 0.1) is 13.8 Å². The Bertz CT molecular complexity index is 1500. The van der Waals surface area contributed by atoms with E-state index in [1.165, 1.54) is 24.3 Å². The summed E-state index contributed by atoms with van der Waals surface area (Å²) >= 11 is 14.5. The van der Waals surface area contributed by atoms with Gasteiger partial charge in [0.25, 0.3) is 0 Å². The molecule has 14 heteroatoms. The molecule has 4 aromatic rings. The molecule has 0 bridgehead atoms. The van der Waals surface area contributed by atoms with E-state index < -0.39 is 20.8 Å². The lowest BCUT2D eigenvalue weighted by molar-refractivity contribution is 0.385. The summed E-state index contributed by atoms with van der Waals surface area (Å²) in [7, 11) is -9.87. The number of halogens is 2. The Morgan fingerprint density at radius 2 is 1.06 bits per heavy atom. The predicted molar refractivity (Wildman–Crippen MR) is 126 cm³/mol. The molecule has 0 aliphatic heterocycles. The minimum atomic E-state index is -4.94. The quantitative estimate of drug-likeness (QED) is 0.284. The van der Waals surface area contributed by atoms with Crippen molar-refractivity contribution in [1.82, 2.24) is 0 Å². The van der Waals surface area contributed by atoms with Gasteiger partial charge in [0.1, 0.15) is 0 Å². The van der Waals surface area contributed by atoms with Crippen LogP contribution in [0.1, 0.15) is 11.1 Å². The van der Waals surface area contributed by atoms with Crippen molar-refractivity contribution in [2.75, 3.05) is 0 Å². The highest BCUT2D eigenvalue weighted by Crippen LogP contribution is 2.55. The number of benzene rings is 2. The fraction of sp³-hybridized carbons (Fsp3) is 0.111. The molecular weight excluding hydrogens is 543 g/mol. The number of aryl methyl sites for hydroxylation is 2. The summed E-state index contributed by atoms with van der Waals surface area (Å²) < 4.78 is 76.0. The third kappa shape index (κ3) is 4.29. The normalized spacial score (nSPS) is 12.6. The van der Waals surface area contributed by atoms with Gasteiger partial charge in [0.15, 0.2) is 11.5 Å². The Morgan fingerprint density at radius 3 is 1.38 bits per heavy atom. The van der Waals surface area contributed by atoms with E-state index >= 15 is 0 Å². The van der Waals surface area contributed by atoms with Crippen LogP contribution in [0.4, 0.5) is 0 Å². The lowest BCUT2D eigenvalue weighted by Gasteiger charge is -2.06. The van der Waals surface area contributed by atoms with Gasteiger partial charge >= 0.3 is 20.8 Å². The molecule has 0 fully saturated rings. The summed E-state index contributed by atoms with van der Waals surface area (Å²) in [6, 6.07) is 6.11. The highest BCUT2D eigenvalue weighted by Gasteiger charge is 2.29.